The third-order valence-corrected chi connectivity index (χ3v) is 2.71. The van der Waals surface area contributed by atoms with E-state index in [9.17, 15) is 9.90 Å². The third kappa shape index (κ3) is 2.18. The lowest BCUT2D eigenvalue weighted by Crippen LogP contribution is -2.34. The molecule has 1 unspecified atom stereocenters. The number of hydrogen-bond acceptors (Lipinski definition) is 2. The summed E-state index contributed by atoms with van der Waals surface area (Å²) < 4.78 is 0. The predicted molar refractivity (Wildman–Crippen MR) is 57.6 cm³/mol. The maximum Gasteiger partial charge on any atom is 0.340 e. The molecular weight excluding hydrogens is 192 g/mol. The second-order valence-corrected chi connectivity index (χ2v) is 3.57. The second-order valence-electron chi connectivity index (χ2n) is 3.57. The van der Waals surface area contributed by atoms with Gasteiger partial charge >= 0.3 is 5.97 Å². The Kier molecular flexibility index (Phi) is 3.48. The van der Waals surface area contributed by atoms with E-state index in [1.165, 1.54) is 0 Å². The molecule has 0 spiro atoms. The Morgan fingerprint density at radius 3 is 2.13 bits per heavy atom. The molecule has 0 aliphatic rings. The minimum absolute atomic E-state index is 0.161. The highest BCUT2D eigenvalue weighted by atomic mass is 16.4. The fourth-order valence-corrected chi connectivity index (χ4v) is 1.49. The summed E-state index contributed by atoms with van der Waals surface area (Å²) in [5.74, 6) is -1.20. The third-order valence-electron chi connectivity index (χ3n) is 2.71. The zero-order valence-electron chi connectivity index (χ0n) is 9.03. The van der Waals surface area contributed by atoms with Crippen molar-refractivity contribution in [2.45, 2.75) is 32.3 Å². The van der Waals surface area contributed by atoms with Crippen LogP contribution >= 0.6 is 0 Å². The molecule has 2 N–H and O–H groups in total. The molecule has 0 amide bonds. The minimum atomic E-state index is -1.76. The molecule has 0 heterocycles. The molecule has 82 valence electrons. The van der Waals surface area contributed by atoms with E-state index in [-0.39, 0.29) is 6.42 Å². The molecule has 1 rings (SSSR count). The molecule has 1 aromatic rings. The van der Waals surface area contributed by atoms with Crippen molar-refractivity contribution in [2.75, 3.05) is 0 Å². The van der Waals surface area contributed by atoms with Crippen LogP contribution in [-0.4, -0.2) is 16.2 Å². The average Bonchev–Trinajstić information content (AvgIpc) is 2.28. The topological polar surface area (TPSA) is 57.5 Å². The van der Waals surface area contributed by atoms with Crippen LogP contribution in [0.5, 0.6) is 0 Å². The van der Waals surface area contributed by atoms with Crippen LogP contribution in [0.3, 0.4) is 0 Å². The van der Waals surface area contributed by atoms with Gasteiger partial charge in [-0.2, -0.15) is 0 Å². The lowest BCUT2D eigenvalue weighted by molar-refractivity contribution is -0.160. The number of aliphatic hydroxyl groups is 1. The molecule has 0 bridgehead atoms. The van der Waals surface area contributed by atoms with Crippen molar-refractivity contribution in [1.29, 1.82) is 0 Å². The van der Waals surface area contributed by atoms with Gasteiger partial charge in [-0.05, 0) is 24.0 Å². The van der Waals surface area contributed by atoms with Crippen LogP contribution in [0.25, 0.3) is 0 Å². The highest BCUT2D eigenvalue weighted by Crippen LogP contribution is 2.25. The van der Waals surface area contributed by atoms with Gasteiger partial charge in [0.2, 0.25) is 0 Å². The molecule has 0 aliphatic heterocycles. The first-order valence-electron chi connectivity index (χ1n) is 5.09. The molecule has 0 saturated heterocycles. The summed E-state index contributed by atoms with van der Waals surface area (Å²) in [6.07, 6.45) is 1.06. The van der Waals surface area contributed by atoms with Crippen LogP contribution in [0.15, 0.2) is 24.3 Å². The highest BCUT2D eigenvalue weighted by Gasteiger charge is 2.35. The molecule has 0 fully saturated rings. The lowest BCUT2D eigenvalue weighted by atomic mass is 9.90. The fourth-order valence-electron chi connectivity index (χ4n) is 1.49. The van der Waals surface area contributed by atoms with Crippen molar-refractivity contribution in [3.05, 3.63) is 35.4 Å². The zero-order chi connectivity index (χ0) is 11.5. The molecule has 0 aliphatic carbocycles. The fraction of sp³-hybridized carbons (Fsp3) is 0.417. The van der Waals surface area contributed by atoms with Gasteiger partial charge in [-0.25, -0.2) is 4.79 Å². The number of carboxylic acid groups (broad SMARTS) is 1. The smallest absolute Gasteiger partial charge is 0.340 e. The summed E-state index contributed by atoms with van der Waals surface area (Å²) in [7, 11) is 0. The Morgan fingerprint density at radius 2 is 1.80 bits per heavy atom. The van der Waals surface area contributed by atoms with E-state index >= 15 is 0 Å². The normalized spacial score (nSPS) is 14.6. The number of aryl methyl sites for hydroxylation is 1. The van der Waals surface area contributed by atoms with Crippen LogP contribution in [0.2, 0.25) is 0 Å². The zero-order valence-corrected chi connectivity index (χ0v) is 9.03. The van der Waals surface area contributed by atoms with E-state index in [0.29, 0.717) is 5.56 Å². The molecular formula is C12H16O3. The van der Waals surface area contributed by atoms with Crippen molar-refractivity contribution < 1.29 is 15.0 Å². The van der Waals surface area contributed by atoms with Gasteiger partial charge in [0.05, 0.1) is 0 Å². The van der Waals surface area contributed by atoms with Crippen molar-refractivity contribution >= 4 is 5.97 Å². The predicted octanol–water partition coefficient (Wildman–Crippen LogP) is 1.93. The van der Waals surface area contributed by atoms with Crippen LogP contribution in [-0.2, 0) is 16.8 Å². The Balaban J connectivity index is 3.08. The largest absolute Gasteiger partial charge is 0.479 e. The Morgan fingerprint density at radius 1 is 1.27 bits per heavy atom. The molecule has 0 saturated carbocycles. The first-order chi connectivity index (χ1) is 7.04. The summed E-state index contributed by atoms with van der Waals surface area (Å²) in [6, 6.07) is 7.05. The van der Waals surface area contributed by atoms with Crippen molar-refractivity contribution in [2.24, 2.45) is 0 Å². The van der Waals surface area contributed by atoms with E-state index in [4.69, 9.17) is 5.11 Å². The van der Waals surface area contributed by atoms with Gasteiger partial charge in [0.1, 0.15) is 0 Å². The van der Waals surface area contributed by atoms with Crippen LogP contribution in [0, 0.1) is 0 Å². The first-order valence-corrected chi connectivity index (χ1v) is 5.09. The Hall–Kier alpha value is -1.35. The number of aliphatic carboxylic acids is 1. The number of carbonyl (C=O) groups is 1. The maximum absolute atomic E-state index is 11.0. The molecule has 1 atom stereocenters. The first kappa shape index (κ1) is 11.7. The lowest BCUT2D eigenvalue weighted by Gasteiger charge is -2.22. The maximum atomic E-state index is 11.0. The highest BCUT2D eigenvalue weighted by molar-refractivity contribution is 5.79. The number of benzene rings is 1. The van der Waals surface area contributed by atoms with Crippen LogP contribution < -0.4 is 0 Å². The summed E-state index contributed by atoms with van der Waals surface area (Å²) in [5.41, 5.74) is -0.191. The van der Waals surface area contributed by atoms with E-state index in [2.05, 4.69) is 0 Å². The molecule has 0 radical (unpaired) electrons. The van der Waals surface area contributed by atoms with Crippen LogP contribution in [0.4, 0.5) is 0 Å². The number of hydrogen-bond donors (Lipinski definition) is 2. The van der Waals surface area contributed by atoms with Gasteiger partial charge in [0, 0.05) is 0 Å². The van der Waals surface area contributed by atoms with E-state index in [1.807, 2.05) is 19.1 Å². The standard InChI is InChI=1S/C12H16O3/c1-3-9-5-7-10(8-6-9)12(15,4-2)11(13)14/h5-8,15H,3-4H2,1-2H3,(H,13,14). The van der Waals surface area contributed by atoms with Crippen LogP contribution in [0.1, 0.15) is 31.4 Å². The number of rotatable bonds is 4. The quantitative estimate of drug-likeness (QED) is 0.794. The van der Waals surface area contributed by atoms with Crippen molar-refractivity contribution in [3.63, 3.8) is 0 Å². The average molecular weight is 208 g/mol. The summed E-state index contributed by atoms with van der Waals surface area (Å²) in [5, 5.41) is 18.9. The SMILES string of the molecule is CCc1ccc(C(O)(CC)C(=O)O)cc1. The van der Waals surface area contributed by atoms with Gasteiger partial charge in [-0.15, -0.1) is 0 Å². The van der Waals surface area contributed by atoms with Crippen molar-refractivity contribution in [1.82, 2.24) is 0 Å². The van der Waals surface area contributed by atoms with Gasteiger partial charge in [-0.3, -0.25) is 0 Å². The monoisotopic (exact) mass is 208 g/mol. The van der Waals surface area contributed by atoms with Gasteiger partial charge in [0.15, 0.2) is 5.60 Å². The van der Waals surface area contributed by atoms with E-state index in [0.717, 1.165) is 12.0 Å². The molecule has 1 aromatic carbocycles. The molecule has 3 nitrogen and oxygen atoms in total. The van der Waals surface area contributed by atoms with Crippen molar-refractivity contribution in [3.8, 4) is 0 Å². The van der Waals surface area contributed by atoms with Gasteiger partial charge in [0.25, 0.3) is 0 Å². The van der Waals surface area contributed by atoms with E-state index < -0.39 is 11.6 Å². The summed E-state index contributed by atoms with van der Waals surface area (Å²) in [4.78, 5) is 11.0. The van der Waals surface area contributed by atoms with Gasteiger partial charge < -0.3 is 10.2 Å². The molecule has 15 heavy (non-hydrogen) atoms. The Labute approximate surface area is 89.4 Å². The summed E-state index contributed by atoms with van der Waals surface area (Å²) in [6.45, 7) is 3.68. The summed E-state index contributed by atoms with van der Waals surface area (Å²) >= 11 is 0. The molecule has 0 aromatic heterocycles. The van der Waals surface area contributed by atoms with Gasteiger partial charge in [-0.1, -0.05) is 38.1 Å². The van der Waals surface area contributed by atoms with E-state index in [1.54, 1.807) is 19.1 Å². The Bertz CT molecular complexity index is 342. The molecule has 3 heteroatoms. The number of carboxylic acids is 1. The minimum Gasteiger partial charge on any atom is -0.479 e. The second kappa shape index (κ2) is 4.45.